The normalized spacial score (nSPS) is 10.4. The van der Waals surface area contributed by atoms with Gasteiger partial charge in [-0.2, -0.15) is 0 Å². The van der Waals surface area contributed by atoms with Gasteiger partial charge in [-0.15, -0.1) is 5.10 Å². The molecule has 0 radical (unpaired) electrons. The van der Waals surface area contributed by atoms with E-state index in [0.717, 1.165) is 5.56 Å². The van der Waals surface area contributed by atoms with Crippen molar-refractivity contribution in [3.05, 3.63) is 28.4 Å². The summed E-state index contributed by atoms with van der Waals surface area (Å²) in [4.78, 5) is 17.9. The smallest absolute Gasteiger partial charge is 0.295 e. The molecule has 0 spiro atoms. The van der Waals surface area contributed by atoms with Crippen LogP contribution in [0.15, 0.2) is 17.3 Å². The van der Waals surface area contributed by atoms with Gasteiger partial charge in [-0.3, -0.25) is 4.79 Å². The Balaban J connectivity index is 2.64. The molecule has 0 aliphatic rings. The van der Waals surface area contributed by atoms with Crippen LogP contribution >= 0.6 is 0 Å². The Bertz CT molecular complexity index is 552. The third kappa shape index (κ3) is 1.52. The minimum absolute atomic E-state index is 0.102. The minimum atomic E-state index is -0.362. The number of aromatic amines is 1. The number of hydrogen-bond donors (Lipinski definition) is 2. The maximum atomic E-state index is 11.4. The number of methoxy groups -OCH3 is 1. The molecule has 0 aliphatic heterocycles. The molecule has 16 heavy (non-hydrogen) atoms. The molecule has 0 amide bonds. The van der Waals surface area contributed by atoms with Crippen LogP contribution in [-0.2, 0) is 0 Å². The fraction of sp³-hybridized carbons (Fsp3) is 0.222. The Morgan fingerprint density at radius 2 is 2.31 bits per heavy atom. The predicted octanol–water partition coefficient (Wildman–Crippen LogP) is -0.145. The van der Waals surface area contributed by atoms with Gasteiger partial charge in [0.2, 0.25) is 11.6 Å². The number of ether oxygens (including phenoxy) is 1. The first-order valence-electron chi connectivity index (χ1n) is 4.57. The average molecular weight is 221 g/mol. The first kappa shape index (κ1) is 10.2. The molecule has 0 atom stereocenters. The van der Waals surface area contributed by atoms with Crippen LogP contribution < -0.4 is 16.0 Å². The van der Waals surface area contributed by atoms with Crippen molar-refractivity contribution in [2.75, 3.05) is 12.8 Å². The van der Waals surface area contributed by atoms with Crippen LogP contribution in [0.3, 0.4) is 0 Å². The Hall–Kier alpha value is -2.31. The van der Waals surface area contributed by atoms with Gasteiger partial charge in [0, 0.05) is 11.8 Å². The van der Waals surface area contributed by atoms with Crippen molar-refractivity contribution in [2.45, 2.75) is 6.92 Å². The van der Waals surface area contributed by atoms with Gasteiger partial charge in [0.25, 0.3) is 5.56 Å². The summed E-state index contributed by atoms with van der Waals surface area (Å²) in [7, 11) is 1.40. The van der Waals surface area contributed by atoms with E-state index in [1.54, 1.807) is 6.20 Å². The van der Waals surface area contributed by atoms with Crippen LogP contribution in [0.5, 0.6) is 5.75 Å². The van der Waals surface area contributed by atoms with Crippen LogP contribution in [0.25, 0.3) is 5.82 Å². The fourth-order valence-electron chi connectivity index (χ4n) is 1.31. The maximum Gasteiger partial charge on any atom is 0.295 e. The van der Waals surface area contributed by atoms with E-state index in [0.29, 0.717) is 11.6 Å². The summed E-state index contributed by atoms with van der Waals surface area (Å²) in [5.41, 5.74) is 6.07. The molecule has 2 heterocycles. The number of rotatable bonds is 2. The number of nitrogen functional groups attached to an aromatic ring is 1. The third-order valence-corrected chi connectivity index (χ3v) is 2.15. The SMILES string of the molecule is COc1c(-n2cc(C)c(N)n2)nc[nH]c1=O. The average Bonchev–Trinajstić information content (AvgIpc) is 2.59. The number of nitrogens with two attached hydrogens (primary N) is 1. The zero-order valence-electron chi connectivity index (χ0n) is 8.89. The number of aromatic nitrogens is 4. The van der Waals surface area contributed by atoms with Crippen molar-refractivity contribution in [1.29, 1.82) is 0 Å². The first-order valence-corrected chi connectivity index (χ1v) is 4.57. The summed E-state index contributed by atoms with van der Waals surface area (Å²) >= 11 is 0. The van der Waals surface area contributed by atoms with Gasteiger partial charge in [0.1, 0.15) is 5.82 Å². The highest BCUT2D eigenvalue weighted by Gasteiger charge is 2.12. The van der Waals surface area contributed by atoms with Crippen molar-refractivity contribution in [3.8, 4) is 11.6 Å². The van der Waals surface area contributed by atoms with Crippen molar-refractivity contribution >= 4 is 5.82 Å². The van der Waals surface area contributed by atoms with E-state index in [1.807, 2.05) is 6.92 Å². The van der Waals surface area contributed by atoms with E-state index in [2.05, 4.69) is 15.1 Å². The van der Waals surface area contributed by atoms with Crippen LogP contribution in [0.2, 0.25) is 0 Å². The molecule has 2 rings (SSSR count). The number of aryl methyl sites for hydroxylation is 1. The molecule has 0 bridgehead atoms. The van der Waals surface area contributed by atoms with Gasteiger partial charge in [0.15, 0.2) is 0 Å². The van der Waals surface area contributed by atoms with Crippen molar-refractivity contribution in [2.24, 2.45) is 0 Å². The fourth-order valence-corrected chi connectivity index (χ4v) is 1.31. The molecule has 2 aromatic rings. The van der Waals surface area contributed by atoms with Crippen LogP contribution in [0, 0.1) is 6.92 Å². The number of H-pyrrole nitrogens is 1. The molecule has 0 aliphatic carbocycles. The highest BCUT2D eigenvalue weighted by Crippen LogP contribution is 2.16. The maximum absolute atomic E-state index is 11.4. The molecule has 0 saturated heterocycles. The van der Waals surface area contributed by atoms with Crippen LogP contribution in [-0.4, -0.2) is 26.9 Å². The highest BCUT2D eigenvalue weighted by molar-refractivity contribution is 5.43. The predicted molar refractivity (Wildman–Crippen MR) is 57.7 cm³/mol. The van der Waals surface area contributed by atoms with Gasteiger partial charge < -0.3 is 15.5 Å². The van der Waals surface area contributed by atoms with Crippen LogP contribution in [0.1, 0.15) is 5.56 Å². The van der Waals surface area contributed by atoms with Gasteiger partial charge in [0.05, 0.1) is 13.4 Å². The van der Waals surface area contributed by atoms with Gasteiger partial charge in [-0.25, -0.2) is 9.67 Å². The van der Waals surface area contributed by atoms with Crippen molar-refractivity contribution in [3.63, 3.8) is 0 Å². The van der Waals surface area contributed by atoms with Crippen molar-refractivity contribution < 1.29 is 4.74 Å². The summed E-state index contributed by atoms with van der Waals surface area (Å²) in [6.45, 7) is 1.82. The number of nitrogens with one attached hydrogen (secondary N) is 1. The standard InChI is InChI=1S/C9H11N5O2/c1-5-3-14(13-7(5)10)8-6(16-2)9(15)12-4-11-8/h3-4H,1-2H3,(H2,10,13)(H,11,12,15). The zero-order chi connectivity index (χ0) is 11.7. The van der Waals surface area contributed by atoms with E-state index in [-0.39, 0.29) is 11.3 Å². The van der Waals surface area contributed by atoms with Crippen LogP contribution in [0.4, 0.5) is 5.82 Å². The second-order valence-corrected chi connectivity index (χ2v) is 3.23. The third-order valence-electron chi connectivity index (χ3n) is 2.15. The second-order valence-electron chi connectivity index (χ2n) is 3.23. The molecular weight excluding hydrogens is 210 g/mol. The van der Waals surface area contributed by atoms with Crippen molar-refractivity contribution in [1.82, 2.24) is 19.7 Å². The molecular formula is C9H11N5O2. The Morgan fingerprint density at radius 3 is 2.88 bits per heavy atom. The minimum Gasteiger partial charge on any atom is -0.488 e. The lowest BCUT2D eigenvalue weighted by atomic mass is 10.4. The monoisotopic (exact) mass is 221 g/mol. The number of nitrogens with zero attached hydrogens (tertiary/aromatic N) is 3. The summed E-state index contributed by atoms with van der Waals surface area (Å²) in [6, 6.07) is 0. The van der Waals surface area contributed by atoms with Gasteiger partial charge >= 0.3 is 0 Å². The molecule has 0 aromatic carbocycles. The summed E-state index contributed by atoms with van der Waals surface area (Å²) in [6.07, 6.45) is 2.97. The quantitative estimate of drug-likeness (QED) is 0.735. The largest absolute Gasteiger partial charge is 0.488 e. The Labute approximate surface area is 90.9 Å². The molecule has 7 heteroatoms. The van der Waals surface area contributed by atoms with Gasteiger partial charge in [-0.05, 0) is 6.92 Å². The van der Waals surface area contributed by atoms with E-state index < -0.39 is 0 Å². The lowest BCUT2D eigenvalue weighted by molar-refractivity contribution is 0.402. The molecule has 2 aromatic heterocycles. The lowest BCUT2D eigenvalue weighted by Crippen LogP contribution is -2.14. The topological polar surface area (TPSA) is 98.8 Å². The van der Waals surface area contributed by atoms with E-state index >= 15 is 0 Å². The molecule has 0 fully saturated rings. The Morgan fingerprint density at radius 1 is 1.56 bits per heavy atom. The molecule has 0 unspecified atom stereocenters. The molecule has 3 N–H and O–H groups in total. The molecule has 84 valence electrons. The lowest BCUT2D eigenvalue weighted by Gasteiger charge is -2.04. The molecule has 0 saturated carbocycles. The zero-order valence-corrected chi connectivity index (χ0v) is 8.89. The van der Waals surface area contributed by atoms with E-state index in [4.69, 9.17) is 10.5 Å². The first-order chi connectivity index (χ1) is 7.63. The molecule has 7 nitrogen and oxygen atoms in total. The summed E-state index contributed by atoms with van der Waals surface area (Å²) in [5.74, 6) is 0.806. The summed E-state index contributed by atoms with van der Waals surface area (Å²) < 4.78 is 6.39. The summed E-state index contributed by atoms with van der Waals surface area (Å²) in [5, 5.41) is 4.03. The van der Waals surface area contributed by atoms with Gasteiger partial charge in [-0.1, -0.05) is 0 Å². The Kier molecular flexibility index (Phi) is 2.35. The highest BCUT2D eigenvalue weighted by atomic mass is 16.5. The number of anilines is 1. The van der Waals surface area contributed by atoms with E-state index in [9.17, 15) is 4.79 Å². The second kappa shape index (κ2) is 3.69. The van der Waals surface area contributed by atoms with E-state index in [1.165, 1.54) is 18.1 Å². The number of hydrogen-bond acceptors (Lipinski definition) is 5.